The molecule has 2 amide bonds. The highest BCUT2D eigenvalue weighted by Gasteiger charge is 2.31. The Bertz CT molecular complexity index is 988. The Morgan fingerprint density at radius 2 is 1.32 bits per heavy atom. The third-order valence-corrected chi connectivity index (χ3v) is 5.98. The van der Waals surface area contributed by atoms with Gasteiger partial charge in [0.2, 0.25) is 5.91 Å². The molecule has 2 atom stereocenters. The maximum atomic E-state index is 12.9. The fourth-order valence-corrected chi connectivity index (χ4v) is 4.45. The number of rotatable bonds is 10. The van der Waals surface area contributed by atoms with Crippen molar-refractivity contribution < 1.29 is 24.2 Å². The van der Waals surface area contributed by atoms with Crippen LogP contribution in [0.1, 0.15) is 57.6 Å². The van der Waals surface area contributed by atoms with Gasteiger partial charge in [-0.25, -0.2) is 9.59 Å². The Kier molecular flexibility index (Phi) is 8.31. The summed E-state index contributed by atoms with van der Waals surface area (Å²) in [5, 5.41) is 14.7. The second kappa shape index (κ2) is 11.2. The van der Waals surface area contributed by atoms with E-state index in [1.807, 2.05) is 64.1 Å². The van der Waals surface area contributed by atoms with E-state index in [0.29, 0.717) is 12.8 Å². The van der Waals surface area contributed by atoms with E-state index in [2.05, 4.69) is 22.8 Å². The minimum atomic E-state index is -1.09. The molecule has 1 aliphatic carbocycles. The smallest absolute Gasteiger partial charge is 0.407 e. The van der Waals surface area contributed by atoms with Crippen molar-refractivity contribution >= 4 is 18.0 Å². The molecule has 7 heteroatoms. The molecular weight excluding hydrogens is 432 g/mol. The molecule has 0 aliphatic heterocycles. The number of hydrogen-bond acceptors (Lipinski definition) is 4. The molecule has 0 heterocycles. The van der Waals surface area contributed by atoms with Crippen LogP contribution < -0.4 is 10.6 Å². The van der Waals surface area contributed by atoms with E-state index in [1.54, 1.807) is 0 Å². The van der Waals surface area contributed by atoms with E-state index in [-0.39, 0.29) is 24.4 Å². The van der Waals surface area contributed by atoms with Crippen LogP contribution in [-0.4, -0.2) is 41.8 Å². The van der Waals surface area contributed by atoms with Gasteiger partial charge in [-0.3, -0.25) is 4.79 Å². The molecule has 0 aromatic heterocycles. The topological polar surface area (TPSA) is 105 Å². The number of nitrogens with one attached hydrogen (secondary N) is 2. The van der Waals surface area contributed by atoms with E-state index < -0.39 is 30.1 Å². The predicted molar refractivity (Wildman–Crippen MR) is 130 cm³/mol. The Morgan fingerprint density at radius 1 is 0.824 bits per heavy atom. The van der Waals surface area contributed by atoms with Gasteiger partial charge in [0.25, 0.3) is 0 Å². The van der Waals surface area contributed by atoms with Crippen molar-refractivity contribution in [1.29, 1.82) is 0 Å². The second-order valence-corrected chi connectivity index (χ2v) is 9.68. The monoisotopic (exact) mass is 466 g/mol. The van der Waals surface area contributed by atoms with Crippen LogP contribution in [0.4, 0.5) is 4.79 Å². The van der Waals surface area contributed by atoms with Crippen LogP contribution in [-0.2, 0) is 14.3 Å². The van der Waals surface area contributed by atoms with Crippen molar-refractivity contribution in [2.45, 2.75) is 58.5 Å². The SMILES string of the molecule is CC(C)CC(NC(=O)[C@H](CC(C)C)NC(=O)OCC1c2ccccc2-c2ccccc21)C(=O)O. The summed E-state index contributed by atoms with van der Waals surface area (Å²) in [5.41, 5.74) is 4.47. The van der Waals surface area contributed by atoms with Crippen molar-refractivity contribution in [2.75, 3.05) is 6.61 Å². The van der Waals surface area contributed by atoms with Gasteiger partial charge in [-0.2, -0.15) is 0 Å². The Labute approximate surface area is 200 Å². The standard InChI is InChI=1S/C27H34N2O5/c1-16(2)13-23(25(30)28-24(26(31)32)14-17(3)4)29-27(33)34-15-22-20-11-7-5-9-18(20)19-10-6-8-12-21(19)22/h5-12,16-17,22-24H,13-15H2,1-4H3,(H,28,30)(H,29,33)(H,31,32)/t23-,24?/m0/s1. The number of aliphatic carboxylic acids is 1. The molecule has 2 aromatic carbocycles. The summed E-state index contributed by atoms with van der Waals surface area (Å²) in [6.45, 7) is 7.79. The quantitative estimate of drug-likeness (QED) is 0.476. The Morgan fingerprint density at radius 3 is 1.82 bits per heavy atom. The molecule has 1 aliphatic rings. The molecule has 34 heavy (non-hydrogen) atoms. The van der Waals surface area contributed by atoms with Gasteiger partial charge in [0.05, 0.1) is 0 Å². The number of benzene rings is 2. The number of ether oxygens (including phenoxy) is 1. The summed E-state index contributed by atoms with van der Waals surface area (Å²) < 4.78 is 5.57. The van der Waals surface area contributed by atoms with Crippen LogP contribution in [0.3, 0.4) is 0 Å². The first-order chi connectivity index (χ1) is 16.2. The van der Waals surface area contributed by atoms with Gasteiger partial charge in [0, 0.05) is 5.92 Å². The molecule has 2 aromatic rings. The second-order valence-electron chi connectivity index (χ2n) is 9.68. The number of alkyl carbamates (subject to hydrolysis) is 1. The minimum absolute atomic E-state index is 0.0852. The first-order valence-corrected chi connectivity index (χ1v) is 11.8. The number of carbonyl (C=O) groups is 3. The molecule has 0 saturated carbocycles. The first kappa shape index (κ1) is 25.3. The largest absolute Gasteiger partial charge is 0.480 e. The van der Waals surface area contributed by atoms with E-state index in [1.165, 1.54) is 0 Å². The fourth-order valence-electron chi connectivity index (χ4n) is 4.45. The van der Waals surface area contributed by atoms with Crippen molar-refractivity contribution in [3.63, 3.8) is 0 Å². The molecule has 0 radical (unpaired) electrons. The molecule has 0 saturated heterocycles. The van der Waals surface area contributed by atoms with Crippen molar-refractivity contribution in [2.24, 2.45) is 11.8 Å². The molecule has 3 N–H and O–H groups in total. The third-order valence-electron chi connectivity index (χ3n) is 5.98. The normalized spacial score (nSPS) is 14.3. The Balaban J connectivity index is 1.66. The number of amides is 2. The third kappa shape index (κ3) is 6.16. The van der Waals surface area contributed by atoms with Crippen LogP contribution in [0.2, 0.25) is 0 Å². The average molecular weight is 467 g/mol. The zero-order chi connectivity index (χ0) is 24.8. The van der Waals surface area contributed by atoms with Crippen LogP contribution in [0.25, 0.3) is 11.1 Å². The highest BCUT2D eigenvalue weighted by molar-refractivity contribution is 5.89. The van der Waals surface area contributed by atoms with Gasteiger partial charge < -0.3 is 20.5 Å². The van der Waals surface area contributed by atoms with Gasteiger partial charge in [-0.05, 0) is 46.9 Å². The average Bonchev–Trinajstić information content (AvgIpc) is 3.10. The van der Waals surface area contributed by atoms with Gasteiger partial charge >= 0.3 is 12.1 Å². The highest BCUT2D eigenvalue weighted by atomic mass is 16.5. The summed E-state index contributed by atoms with van der Waals surface area (Å²) in [6.07, 6.45) is -0.0248. The molecular formula is C27H34N2O5. The summed E-state index contributed by atoms with van der Waals surface area (Å²) in [7, 11) is 0. The maximum absolute atomic E-state index is 12.9. The first-order valence-electron chi connectivity index (χ1n) is 11.8. The number of carbonyl (C=O) groups excluding carboxylic acids is 2. The zero-order valence-corrected chi connectivity index (χ0v) is 20.2. The van der Waals surface area contributed by atoms with Gasteiger partial charge in [0.15, 0.2) is 0 Å². The lowest BCUT2D eigenvalue weighted by Crippen LogP contribution is -2.52. The minimum Gasteiger partial charge on any atom is -0.480 e. The Hall–Kier alpha value is -3.35. The highest BCUT2D eigenvalue weighted by Crippen LogP contribution is 2.44. The van der Waals surface area contributed by atoms with Crippen molar-refractivity contribution in [1.82, 2.24) is 10.6 Å². The summed E-state index contributed by atoms with van der Waals surface area (Å²) in [4.78, 5) is 37.1. The van der Waals surface area contributed by atoms with E-state index >= 15 is 0 Å². The number of carboxylic acid groups (broad SMARTS) is 1. The molecule has 1 unspecified atom stereocenters. The number of fused-ring (bicyclic) bond motifs is 3. The van der Waals surface area contributed by atoms with Crippen molar-refractivity contribution in [3.8, 4) is 11.1 Å². The zero-order valence-electron chi connectivity index (χ0n) is 20.2. The van der Waals surface area contributed by atoms with Gasteiger partial charge in [0.1, 0.15) is 18.7 Å². The van der Waals surface area contributed by atoms with Gasteiger partial charge in [-0.1, -0.05) is 76.2 Å². The molecule has 0 spiro atoms. The predicted octanol–water partition coefficient (Wildman–Crippen LogP) is 4.56. The maximum Gasteiger partial charge on any atom is 0.407 e. The number of hydrogen-bond donors (Lipinski definition) is 3. The lowest BCUT2D eigenvalue weighted by Gasteiger charge is -2.23. The fraction of sp³-hybridized carbons (Fsp3) is 0.444. The van der Waals surface area contributed by atoms with Crippen LogP contribution in [0.5, 0.6) is 0 Å². The molecule has 0 fully saturated rings. The lowest BCUT2D eigenvalue weighted by atomic mass is 9.98. The summed E-state index contributed by atoms with van der Waals surface area (Å²) in [6, 6.07) is 14.2. The number of carboxylic acids is 1. The van der Waals surface area contributed by atoms with Crippen LogP contribution >= 0.6 is 0 Å². The van der Waals surface area contributed by atoms with E-state index in [9.17, 15) is 19.5 Å². The van der Waals surface area contributed by atoms with E-state index in [0.717, 1.165) is 22.3 Å². The van der Waals surface area contributed by atoms with Crippen molar-refractivity contribution in [3.05, 3.63) is 59.7 Å². The van der Waals surface area contributed by atoms with Crippen LogP contribution in [0.15, 0.2) is 48.5 Å². The molecule has 182 valence electrons. The lowest BCUT2D eigenvalue weighted by molar-refractivity contribution is -0.142. The summed E-state index contributed by atoms with van der Waals surface area (Å²) >= 11 is 0. The van der Waals surface area contributed by atoms with Crippen LogP contribution in [0, 0.1) is 11.8 Å². The van der Waals surface area contributed by atoms with E-state index in [4.69, 9.17) is 4.74 Å². The molecule has 0 bridgehead atoms. The van der Waals surface area contributed by atoms with Gasteiger partial charge in [-0.15, -0.1) is 0 Å². The molecule has 7 nitrogen and oxygen atoms in total. The summed E-state index contributed by atoms with van der Waals surface area (Å²) in [5.74, 6) is -1.49. The molecule has 3 rings (SSSR count).